The van der Waals surface area contributed by atoms with Crippen molar-refractivity contribution in [3.8, 4) is 28.4 Å². The van der Waals surface area contributed by atoms with Crippen LogP contribution in [0.5, 0.6) is 17.2 Å². The first-order valence-electron chi connectivity index (χ1n) is 16.4. The molecule has 4 aromatic rings. The van der Waals surface area contributed by atoms with Gasteiger partial charge in [-0.3, -0.25) is 4.57 Å². The molecule has 1 aliphatic rings. The summed E-state index contributed by atoms with van der Waals surface area (Å²) in [7, 11) is -3.46. The molecule has 258 valence electrons. The minimum atomic E-state index is -3.46. The van der Waals surface area contributed by atoms with Gasteiger partial charge in [-0.25, -0.2) is 0 Å². The number of aliphatic hydroxyl groups is 2. The second kappa shape index (κ2) is 28.9. The number of fused-ring (bicyclic) bond motifs is 3. The van der Waals surface area contributed by atoms with Crippen LogP contribution in [0.1, 0.15) is 82.6 Å². The van der Waals surface area contributed by atoms with E-state index in [0.29, 0.717) is 22.6 Å². The number of hydrogen-bond acceptors (Lipinski definition) is 6. The van der Waals surface area contributed by atoms with Gasteiger partial charge in [0.1, 0.15) is 22.4 Å². The summed E-state index contributed by atoms with van der Waals surface area (Å²) < 4.78 is 19.4. The molecule has 4 aromatic carbocycles. The summed E-state index contributed by atoms with van der Waals surface area (Å²) in [6, 6.07) is 32.1. The molecule has 1 atom stereocenters. The Labute approximate surface area is 280 Å². The van der Waals surface area contributed by atoms with Crippen LogP contribution in [0.25, 0.3) is 11.1 Å². The van der Waals surface area contributed by atoms with Gasteiger partial charge in [0.25, 0.3) is 7.37 Å². The van der Waals surface area contributed by atoms with E-state index in [-0.39, 0.29) is 0 Å². The fourth-order valence-corrected chi connectivity index (χ4v) is 5.91. The number of rotatable bonds is 3. The van der Waals surface area contributed by atoms with Gasteiger partial charge in [0, 0.05) is 5.56 Å². The van der Waals surface area contributed by atoms with Crippen LogP contribution in [0.3, 0.4) is 0 Å². The minimum Gasteiger partial charge on any atom is -0.508 e. The van der Waals surface area contributed by atoms with Crippen molar-refractivity contribution < 1.29 is 29.5 Å². The highest BCUT2D eigenvalue weighted by atomic mass is 31.2. The van der Waals surface area contributed by atoms with Crippen molar-refractivity contribution in [3.05, 3.63) is 109 Å². The summed E-state index contributed by atoms with van der Waals surface area (Å²) in [4.78, 5) is 0. The van der Waals surface area contributed by atoms with Crippen LogP contribution < -0.4 is 9.83 Å². The van der Waals surface area contributed by atoms with E-state index in [9.17, 15) is 14.8 Å². The van der Waals surface area contributed by atoms with Crippen molar-refractivity contribution in [3.63, 3.8) is 0 Å². The van der Waals surface area contributed by atoms with E-state index in [4.69, 9.17) is 14.7 Å². The molecule has 7 heteroatoms. The van der Waals surface area contributed by atoms with Gasteiger partial charge in [-0.15, -0.1) is 0 Å². The molecule has 6 nitrogen and oxygen atoms in total. The maximum absolute atomic E-state index is 13.6. The Morgan fingerprint density at radius 1 is 0.565 bits per heavy atom. The first kappa shape index (κ1) is 46.8. The molecule has 4 N–H and O–H groups in total. The van der Waals surface area contributed by atoms with E-state index in [1.54, 1.807) is 73.7 Å². The van der Waals surface area contributed by atoms with Gasteiger partial charge in [0.2, 0.25) is 0 Å². The first-order valence-corrected chi connectivity index (χ1v) is 18.1. The fourth-order valence-electron chi connectivity index (χ4n) is 3.41. The normalized spacial score (nSPS) is 12.8. The first-order chi connectivity index (χ1) is 22.3. The molecule has 0 radical (unpaired) electrons. The second-order valence-electron chi connectivity index (χ2n) is 8.85. The smallest absolute Gasteiger partial charge is 0.288 e. The maximum atomic E-state index is 13.6. The Bertz CT molecular complexity index is 1240. The third-order valence-electron chi connectivity index (χ3n) is 5.53. The zero-order valence-corrected chi connectivity index (χ0v) is 31.0. The number of phenolic OH excluding ortho intramolecular Hbond substituents is 2. The standard InChI is InChI=1S/C16H17O4P.2C6H6O.C3H8.4C2H6/c1-16(10-17,11-18)21(19)15-9-5-3-7-13(15)12-6-2-4-8-14(12)20-21;2*7-6-4-2-1-3-5-6;1-3-2;4*1-2/h2-9,17-18H,10-11H2,1H3;2*1-5,7H;3H2,1-2H3;4*1-2H3. The van der Waals surface area contributed by atoms with Crippen LogP contribution in [0, 0.1) is 0 Å². The van der Waals surface area contributed by atoms with Crippen molar-refractivity contribution in [2.45, 2.75) is 87.7 Å². The average molecular weight is 657 g/mol. The van der Waals surface area contributed by atoms with Gasteiger partial charge in [0.05, 0.1) is 18.5 Å². The van der Waals surface area contributed by atoms with Gasteiger partial charge < -0.3 is 24.9 Å². The summed E-state index contributed by atoms with van der Waals surface area (Å²) in [5, 5.41) is 35.9. The monoisotopic (exact) mass is 656 g/mol. The lowest BCUT2D eigenvalue weighted by Crippen LogP contribution is -2.41. The van der Waals surface area contributed by atoms with Crippen LogP contribution in [-0.2, 0) is 4.57 Å². The molecular weight excluding hydrogens is 595 g/mol. The Morgan fingerprint density at radius 3 is 1.24 bits per heavy atom. The fraction of sp³-hybridized carbons (Fsp3) is 0.385. The lowest BCUT2D eigenvalue weighted by molar-refractivity contribution is 0.169. The molecule has 0 saturated carbocycles. The van der Waals surface area contributed by atoms with Gasteiger partial charge >= 0.3 is 0 Å². The zero-order chi connectivity index (χ0) is 36.0. The lowest BCUT2D eigenvalue weighted by atomic mass is 10.0. The van der Waals surface area contributed by atoms with Crippen LogP contribution >= 0.6 is 7.37 Å². The van der Waals surface area contributed by atoms with Crippen molar-refractivity contribution in [2.24, 2.45) is 0 Å². The highest BCUT2D eigenvalue weighted by molar-refractivity contribution is 7.69. The van der Waals surface area contributed by atoms with E-state index in [1.807, 2.05) is 97.9 Å². The average Bonchev–Trinajstić information content (AvgIpc) is 3.13. The number of hydrogen-bond donors (Lipinski definition) is 4. The van der Waals surface area contributed by atoms with Crippen LogP contribution in [0.15, 0.2) is 109 Å². The molecule has 1 heterocycles. The SMILES string of the molecule is CC.CC.CC.CC.CC(CO)(CO)P1(=O)Oc2ccccc2-c2ccccc21.CCC.Oc1ccccc1.Oc1ccccc1. The Morgan fingerprint density at radius 2 is 0.891 bits per heavy atom. The van der Waals surface area contributed by atoms with E-state index < -0.39 is 25.7 Å². The molecular formula is C39H61O6P. The van der Waals surface area contributed by atoms with Gasteiger partial charge in [0.15, 0.2) is 0 Å². The van der Waals surface area contributed by atoms with Crippen LogP contribution in [0.2, 0.25) is 0 Å². The predicted molar refractivity (Wildman–Crippen MR) is 200 cm³/mol. The molecule has 1 unspecified atom stereocenters. The molecule has 0 amide bonds. The van der Waals surface area contributed by atoms with Gasteiger partial charge in [-0.2, -0.15) is 0 Å². The summed E-state index contributed by atoms with van der Waals surface area (Å²) in [5.41, 5.74) is 1.70. The van der Waals surface area contributed by atoms with Gasteiger partial charge in [-0.05, 0) is 48.9 Å². The molecule has 0 bridgehead atoms. The topological polar surface area (TPSA) is 107 Å². The third kappa shape index (κ3) is 15.1. The second-order valence-corrected chi connectivity index (χ2v) is 11.7. The van der Waals surface area contributed by atoms with Crippen LogP contribution in [0.4, 0.5) is 0 Å². The van der Waals surface area contributed by atoms with Crippen LogP contribution in [-0.4, -0.2) is 38.8 Å². The molecule has 0 saturated heterocycles. The van der Waals surface area contributed by atoms with E-state index in [2.05, 4.69) is 13.8 Å². The quantitative estimate of drug-likeness (QED) is 0.164. The Balaban J connectivity index is -0.000000609. The van der Waals surface area contributed by atoms with Crippen molar-refractivity contribution in [1.82, 2.24) is 0 Å². The lowest BCUT2D eigenvalue weighted by Gasteiger charge is -2.38. The molecule has 0 spiro atoms. The van der Waals surface area contributed by atoms with Crippen molar-refractivity contribution in [1.29, 1.82) is 0 Å². The summed E-state index contributed by atoms with van der Waals surface area (Å²) >= 11 is 0. The molecule has 0 aromatic heterocycles. The maximum Gasteiger partial charge on any atom is 0.288 e. The molecule has 1 aliphatic heterocycles. The molecule has 0 aliphatic carbocycles. The number of para-hydroxylation sites is 3. The molecule has 46 heavy (non-hydrogen) atoms. The summed E-state index contributed by atoms with van der Waals surface area (Å²) in [6.07, 6.45) is 1.25. The molecule has 0 fully saturated rings. The predicted octanol–water partition coefficient (Wildman–Crippen LogP) is 10.7. The Hall–Kier alpha value is -3.57. The van der Waals surface area contributed by atoms with E-state index >= 15 is 0 Å². The summed E-state index contributed by atoms with van der Waals surface area (Å²) in [5.74, 6) is 1.16. The highest BCUT2D eigenvalue weighted by Gasteiger charge is 2.51. The Kier molecular flexibility index (Phi) is 29.4. The highest BCUT2D eigenvalue weighted by Crippen LogP contribution is 2.62. The minimum absolute atomic E-state index is 0.322. The summed E-state index contributed by atoms with van der Waals surface area (Å²) in [6.45, 7) is 21.0. The zero-order valence-electron chi connectivity index (χ0n) is 30.1. The van der Waals surface area contributed by atoms with Crippen molar-refractivity contribution >= 4 is 12.7 Å². The number of aromatic hydroxyl groups is 2. The molecule has 5 rings (SSSR count). The number of benzene rings is 4. The van der Waals surface area contributed by atoms with E-state index in [1.165, 1.54) is 6.42 Å². The van der Waals surface area contributed by atoms with Gasteiger partial charge in [-0.1, -0.05) is 148 Å². The third-order valence-corrected chi connectivity index (χ3v) is 8.71. The van der Waals surface area contributed by atoms with Crippen molar-refractivity contribution in [2.75, 3.05) is 13.2 Å². The number of phenols is 2. The largest absolute Gasteiger partial charge is 0.508 e. The number of aliphatic hydroxyl groups excluding tert-OH is 2. The van der Waals surface area contributed by atoms with E-state index in [0.717, 1.165) is 11.1 Å².